The molecule has 2 aliphatic rings. The van der Waals surface area contributed by atoms with Gasteiger partial charge in [0.25, 0.3) is 0 Å². The first-order valence-corrected chi connectivity index (χ1v) is 8.35. The molecule has 0 fully saturated rings. The minimum absolute atomic E-state index is 0.354. The predicted molar refractivity (Wildman–Crippen MR) is 90.5 cm³/mol. The Labute approximate surface area is 132 Å². The van der Waals surface area contributed by atoms with Gasteiger partial charge in [-0.15, -0.1) is 0 Å². The van der Waals surface area contributed by atoms with Crippen LogP contribution in [0.3, 0.4) is 0 Å². The van der Waals surface area contributed by atoms with Crippen molar-refractivity contribution in [1.29, 1.82) is 0 Å². The molecule has 4 rings (SSSR count). The van der Waals surface area contributed by atoms with E-state index in [1.165, 1.54) is 33.4 Å². The molecule has 1 unspecified atom stereocenters. The van der Waals surface area contributed by atoms with Crippen molar-refractivity contribution in [1.82, 2.24) is 0 Å². The zero-order valence-electron chi connectivity index (χ0n) is 13.6. The fourth-order valence-corrected chi connectivity index (χ4v) is 4.41. The maximum Gasteiger partial charge on any atom is 0.164 e. The molecule has 0 amide bonds. The van der Waals surface area contributed by atoms with Gasteiger partial charge >= 0.3 is 0 Å². The lowest BCUT2D eigenvalue weighted by atomic mass is 9.77. The normalized spacial score (nSPS) is 19.1. The molecule has 0 bridgehead atoms. The number of carbonyl (C=O) groups excluding carboxylic acids is 1. The zero-order valence-corrected chi connectivity index (χ0v) is 13.6. The topological polar surface area (TPSA) is 17.1 Å². The minimum Gasteiger partial charge on any atom is -0.294 e. The highest BCUT2D eigenvalue weighted by Crippen LogP contribution is 2.47. The Balaban J connectivity index is 2.03. The van der Waals surface area contributed by atoms with E-state index in [4.69, 9.17) is 0 Å². The van der Waals surface area contributed by atoms with E-state index in [-0.39, 0.29) is 0 Å². The Morgan fingerprint density at radius 2 is 1.86 bits per heavy atom. The van der Waals surface area contributed by atoms with Crippen LogP contribution in [-0.2, 0) is 12.8 Å². The summed E-state index contributed by atoms with van der Waals surface area (Å²) < 4.78 is 0. The van der Waals surface area contributed by atoms with Gasteiger partial charge in [0.05, 0.1) is 0 Å². The molecule has 22 heavy (non-hydrogen) atoms. The molecule has 2 aromatic rings. The molecule has 0 aromatic heterocycles. The maximum absolute atomic E-state index is 12.5. The predicted octanol–water partition coefficient (Wildman–Crippen LogP) is 5.09. The van der Waals surface area contributed by atoms with Crippen LogP contribution in [0.15, 0.2) is 30.3 Å². The van der Waals surface area contributed by atoms with Crippen molar-refractivity contribution in [2.45, 2.75) is 46.0 Å². The highest BCUT2D eigenvalue weighted by Gasteiger charge is 2.36. The summed E-state index contributed by atoms with van der Waals surface area (Å²) in [5.74, 6) is 1.28. The van der Waals surface area contributed by atoms with E-state index in [9.17, 15) is 4.79 Å². The Bertz CT molecular complexity index is 783. The van der Waals surface area contributed by atoms with Crippen LogP contribution < -0.4 is 0 Å². The quantitative estimate of drug-likeness (QED) is 0.715. The minimum atomic E-state index is 0.354. The summed E-state index contributed by atoms with van der Waals surface area (Å²) in [7, 11) is 0. The smallest absolute Gasteiger partial charge is 0.164 e. The van der Waals surface area contributed by atoms with Gasteiger partial charge in [0, 0.05) is 12.0 Å². The molecule has 2 aromatic carbocycles. The molecule has 0 heterocycles. The van der Waals surface area contributed by atoms with Gasteiger partial charge in [-0.2, -0.15) is 0 Å². The molecule has 0 N–H and O–H groups in total. The van der Waals surface area contributed by atoms with Gasteiger partial charge in [0.2, 0.25) is 0 Å². The molecular weight excluding hydrogens is 268 g/mol. The lowest BCUT2D eigenvalue weighted by Gasteiger charge is -2.26. The number of fused-ring (bicyclic) bond motifs is 5. The maximum atomic E-state index is 12.5. The fraction of sp³-hybridized carbons (Fsp3) is 0.381. The van der Waals surface area contributed by atoms with Crippen LogP contribution in [0.4, 0.5) is 0 Å². The summed E-state index contributed by atoms with van der Waals surface area (Å²) in [6, 6.07) is 11.0. The van der Waals surface area contributed by atoms with Crippen LogP contribution in [0.1, 0.15) is 58.8 Å². The second-order valence-corrected chi connectivity index (χ2v) is 7.14. The standard InChI is InChI=1S/C21H22O/c1-12(2)17-11-19(22)20-13(3)10-18-15-7-5-4-6-14(15)8-9-16(18)21(17)20/h4-7,10,12,17H,8-9,11H2,1-3H3. The molecule has 0 aliphatic heterocycles. The van der Waals surface area contributed by atoms with Crippen LogP contribution in [0.25, 0.3) is 11.1 Å². The lowest BCUT2D eigenvalue weighted by Crippen LogP contribution is -2.12. The van der Waals surface area contributed by atoms with Crippen LogP contribution >= 0.6 is 0 Å². The Morgan fingerprint density at radius 1 is 1.09 bits per heavy atom. The second kappa shape index (κ2) is 4.81. The third-order valence-electron chi connectivity index (χ3n) is 5.49. The summed E-state index contributed by atoms with van der Waals surface area (Å²) in [5.41, 5.74) is 9.22. The number of Topliss-reactive ketones (excluding diaryl/α,β-unsaturated/α-hetero) is 1. The molecule has 0 saturated heterocycles. The molecule has 0 radical (unpaired) electrons. The summed E-state index contributed by atoms with van der Waals surface area (Å²) in [5, 5.41) is 0. The summed E-state index contributed by atoms with van der Waals surface area (Å²) in [4.78, 5) is 12.5. The van der Waals surface area contributed by atoms with Gasteiger partial charge in [0.15, 0.2) is 5.78 Å². The van der Waals surface area contributed by atoms with Crippen molar-refractivity contribution >= 4 is 5.78 Å². The first-order chi connectivity index (χ1) is 10.6. The molecule has 2 aliphatic carbocycles. The number of benzene rings is 2. The molecule has 1 nitrogen and oxygen atoms in total. The number of carbonyl (C=O) groups is 1. The van der Waals surface area contributed by atoms with Crippen LogP contribution in [0, 0.1) is 12.8 Å². The number of hydrogen-bond acceptors (Lipinski definition) is 1. The Hall–Kier alpha value is -1.89. The van der Waals surface area contributed by atoms with E-state index in [0.29, 0.717) is 24.0 Å². The van der Waals surface area contributed by atoms with Crippen molar-refractivity contribution in [3.05, 3.63) is 58.1 Å². The molecule has 0 saturated carbocycles. The Kier molecular flexibility index (Phi) is 3.00. The lowest BCUT2D eigenvalue weighted by molar-refractivity contribution is 0.0984. The largest absolute Gasteiger partial charge is 0.294 e. The van der Waals surface area contributed by atoms with E-state index in [0.717, 1.165) is 18.4 Å². The first kappa shape index (κ1) is 13.8. The molecule has 0 spiro atoms. The van der Waals surface area contributed by atoms with Gasteiger partial charge in [-0.1, -0.05) is 44.2 Å². The van der Waals surface area contributed by atoms with Crippen molar-refractivity contribution in [3.8, 4) is 11.1 Å². The van der Waals surface area contributed by atoms with Crippen molar-refractivity contribution in [2.75, 3.05) is 0 Å². The fourth-order valence-electron chi connectivity index (χ4n) is 4.41. The van der Waals surface area contributed by atoms with Gasteiger partial charge in [-0.05, 0) is 65.0 Å². The van der Waals surface area contributed by atoms with Gasteiger partial charge in [-0.3, -0.25) is 4.79 Å². The van der Waals surface area contributed by atoms with Gasteiger partial charge in [-0.25, -0.2) is 0 Å². The summed E-state index contributed by atoms with van der Waals surface area (Å²) in [6.07, 6.45) is 2.87. The van der Waals surface area contributed by atoms with Crippen molar-refractivity contribution < 1.29 is 4.79 Å². The number of ketones is 1. The van der Waals surface area contributed by atoms with Gasteiger partial charge in [0.1, 0.15) is 0 Å². The number of hydrogen-bond donors (Lipinski definition) is 0. The number of rotatable bonds is 1. The average Bonchev–Trinajstić information content (AvgIpc) is 2.86. The van der Waals surface area contributed by atoms with E-state index >= 15 is 0 Å². The monoisotopic (exact) mass is 290 g/mol. The zero-order chi connectivity index (χ0) is 15.4. The van der Waals surface area contributed by atoms with Crippen LogP contribution in [0.2, 0.25) is 0 Å². The van der Waals surface area contributed by atoms with Gasteiger partial charge < -0.3 is 0 Å². The van der Waals surface area contributed by atoms with E-state index < -0.39 is 0 Å². The first-order valence-electron chi connectivity index (χ1n) is 8.35. The summed E-state index contributed by atoms with van der Waals surface area (Å²) in [6.45, 7) is 6.61. The average molecular weight is 290 g/mol. The number of aryl methyl sites for hydroxylation is 2. The molecule has 1 atom stereocenters. The Morgan fingerprint density at radius 3 is 2.64 bits per heavy atom. The summed E-state index contributed by atoms with van der Waals surface area (Å²) >= 11 is 0. The molecule has 112 valence electrons. The molecule has 1 heteroatoms. The SMILES string of the molecule is Cc1cc2c(c3c1C(=O)CC3C(C)C)CCc1ccccc1-2. The van der Waals surface area contributed by atoms with Crippen molar-refractivity contribution in [3.63, 3.8) is 0 Å². The van der Waals surface area contributed by atoms with E-state index in [1.54, 1.807) is 0 Å². The second-order valence-electron chi connectivity index (χ2n) is 7.14. The third kappa shape index (κ3) is 1.81. The van der Waals surface area contributed by atoms with Crippen LogP contribution in [0.5, 0.6) is 0 Å². The van der Waals surface area contributed by atoms with E-state index in [1.807, 2.05) is 0 Å². The highest BCUT2D eigenvalue weighted by molar-refractivity contribution is 6.04. The van der Waals surface area contributed by atoms with Crippen LogP contribution in [-0.4, -0.2) is 5.78 Å². The van der Waals surface area contributed by atoms with Crippen molar-refractivity contribution in [2.24, 2.45) is 5.92 Å². The molecular formula is C21H22O. The third-order valence-corrected chi connectivity index (χ3v) is 5.49. The highest BCUT2D eigenvalue weighted by atomic mass is 16.1. The van der Waals surface area contributed by atoms with E-state index in [2.05, 4.69) is 51.1 Å².